The number of morpholine rings is 1. The number of nitrogens with one attached hydrogen (secondary N) is 1. The summed E-state index contributed by atoms with van der Waals surface area (Å²) >= 11 is 0. The average Bonchev–Trinajstić information content (AvgIpc) is 2.89. The molecule has 1 aliphatic carbocycles. The Bertz CT molecular complexity index is 982. The van der Waals surface area contributed by atoms with Crippen LogP contribution in [0.5, 0.6) is 5.75 Å². The molecule has 2 heterocycles. The Kier molecular flexibility index (Phi) is 7.04. The second-order valence-corrected chi connectivity index (χ2v) is 9.59. The molecular weight excluding hydrogens is 428 g/mol. The third-order valence-electron chi connectivity index (χ3n) is 7.57. The third-order valence-corrected chi connectivity index (χ3v) is 7.57. The van der Waals surface area contributed by atoms with E-state index in [4.69, 9.17) is 9.47 Å². The Morgan fingerprint density at radius 3 is 2.44 bits per heavy atom. The number of benzene rings is 2. The van der Waals surface area contributed by atoms with Crippen LogP contribution >= 0.6 is 0 Å². The van der Waals surface area contributed by atoms with Crippen molar-refractivity contribution in [1.82, 2.24) is 9.80 Å². The van der Waals surface area contributed by atoms with Crippen molar-refractivity contribution in [2.24, 2.45) is 5.92 Å². The van der Waals surface area contributed by atoms with Crippen LogP contribution in [0, 0.1) is 5.92 Å². The van der Waals surface area contributed by atoms with Gasteiger partial charge in [-0.3, -0.25) is 9.69 Å². The van der Waals surface area contributed by atoms with Crippen LogP contribution in [-0.4, -0.2) is 82.3 Å². The fraction of sp³-hybridized carbons (Fsp3) is 0.519. The maximum Gasteiger partial charge on any atom is 0.229 e. The first-order chi connectivity index (χ1) is 16.6. The molecule has 7 nitrogen and oxygen atoms in total. The first kappa shape index (κ1) is 23.1. The van der Waals surface area contributed by atoms with E-state index >= 15 is 0 Å². The molecule has 2 fully saturated rings. The largest absolute Gasteiger partial charge is 0.496 e. The fourth-order valence-electron chi connectivity index (χ4n) is 5.63. The second-order valence-electron chi connectivity index (χ2n) is 9.59. The van der Waals surface area contributed by atoms with Crippen molar-refractivity contribution in [2.45, 2.75) is 18.9 Å². The smallest absolute Gasteiger partial charge is 0.229 e. The van der Waals surface area contributed by atoms with E-state index in [2.05, 4.69) is 51.3 Å². The molecule has 0 radical (unpaired) electrons. The van der Waals surface area contributed by atoms with Crippen molar-refractivity contribution >= 4 is 17.3 Å². The molecule has 0 bridgehead atoms. The lowest BCUT2D eigenvalue weighted by atomic mass is 9.77. The summed E-state index contributed by atoms with van der Waals surface area (Å²) in [7, 11) is 3.90. The van der Waals surface area contributed by atoms with E-state index in [-0.39, 0.29) is 17.9 Å². The zero-order valence-corrected chi connectivity index (χ0v) is 20.3. The molecule has 1 N–H and O–H groups in total. The Morgan fingerprint density at radius 1 is 1.00 bits per heavy atom. The lowest BCUT2D eigenvalue weighted by Crippen LogP contribution is -2.50. The fourth-order valence-corrected chi connectivity index (χ4v) is 5.63. The van der Waals surface area contributed by atoms with Gasteiger partial charge in [0.25, 0.3) is 0 Å². The number of carbonyl (C=O) groups is 1. The zero-order valence-electron chi connectivity index (χ0n) is 20.3. The van der Waals surface area contributed by atoms with Crippen LogP contribution in [0.4, 0.5) is 11.4 Å². The van der Waals surface area contributed by atoms with Gasteiger partial charge in [0, 0.05) is 56.7 Å². The zero-order chi connectivity index (χ0) is 23.5. The minimum Gasteiger partial charge on any atom is -0.496 e. The number of hydrogen-bond acceptors (Lipinski definition) is 6. The molecule has 2 unspecified atom stereocenters. The van der Waals surface area contributed by atoms with Crippen LogP contribution in [0.15, 0.2) is 42.5 Å². The SMILES string of the molecule is COc1cccc2c1CCC(C(=O)Nc1ccc(N3CCOCC3)cc1)C2N1CCN(C)CC1. The molecule has 182 valence electrons. The number of rotatable bonds is 5. The Hall–Kier alpha value is -2.61. The molecule has 0 spiro atoms. The maximum atomic E-state index is 13.6. The number of anilines is 2. The van der Waals surface area contributed by atoms with Gasteiger partial charge in [-0.05, 0) is 61.3 Å². The molecular formula is C27H36N4O3. The minimum atomic E-state index is -0.0954. The highest BCUT2D eigenvalue weighted by atomic mass is 16.5. The van der Waals surface area contributed by atoms with E-state index < -0.39 is 0 Å². The second kappa shape index (κ2) is 10.3. The van der Waals surface area contributed by atoms with Gasteiger partial charge >= 0.3 is 0 Å². The predicted octanol–water partition coefficient (Wildman–Crippen LogP) is 3.02. The Morgan fingerprint density at radius 2 is 1.74 bits per heavy atom. The van der Waals surface area contributed by atoms with Gasteiger partial charge in [-0.1, -0.05) is 12.1 Å². The molecule has 3 aliphatic rings. The Balaban J connectivity index is 1.35. The van der Waals surface area contributed by atoms with Gasteiger partial charge in [-0.15, -0.1) is 0 Å². The number of hydrogen-bond donors (Lipinski definition) is 1. The molecule has 2 atom stereocenters. The maximum absolute atomic E-state index is 13.6. The molecule has 0 aromatic heterocycles. The molecule has 2 aliphatic heterocycles. The number of likely N-dealkylation sites (N-methyl/N-ethyl adjacent to an activating group) is 1. The van der Waals surface area contributed by atoms with Gasteiger partial charge in [-0.2, -0.15) is 0 Å². The predicted molar refractivity (Wildman–Crippen MR) is 135 cm³/mol. The summed E-state index contributed by atoms with van der Waals surface area (Å²) in [6.07, 6.45) is 1.68. The molecule has 5 rings (SSSR count). The van der Waals surface area contributed by atoms with E-state index in [0.29, 0.717) is 0 Å². The lowest BCUT2D eigenvalue weighted by molar-refractivity contribution is -0.123. The number of carbonyl (C=O) groups excluding carboxylic acids is 1. The highest BCUT2D eigenvalue weighted by molar-refractivity contribution is 5.93. The van der Waals surface area contributed by atoms with Gasteiger partial charge in [-0.25, -0.2) is 0 Å². The molecule has 0 saturated carbocycles. The van der Waals surface area contributed by atoms with Crippen LogP contribution in [0.2, 0.25) is 0 Å². The van der Waals surface area contributed by atoms with E-state index in [0.717, 1.165) is 76.8 Å². The van der Waals surface area contributed by atoms with Crippen LogP contribution < -0.4 is 15.0 Å². The standard InChI is InChI=1S/C27H36N4O3/c1-29-12-14-31(15-13-29)26-23-4-3-5-25(33-2)22(23)10-11-24(26)27(32)28-20-6-8-21(9-7-20)30-16-18-34-19-17-30/h3-9,24,26H,10-19H2,1-2H3,(H,28,32). The number of amides is 1. The van der Waals surface area contributed by atoms with Crippen LogP contribution in [0.25, 0.3) is 0 Å². The third kappa shape index (κ3) is 4.78. The summed E-state index contributed by atoms with van der Waals surface area (Å²) in [5.41, 5.74) is 4.54. The van der Waals surface area contributed by atoms with Crippen molar-refractivity contribution in [3.8, 4) is 5.75 Å². The van der Waals surface area contributed by atoms with Crippen molar-refractivity contribution in [1.29, 1.82) is 0 Å². The van der Waals surface area contributed by atoms with E-state index in [1.165, 1.54) is 16.8 Å². The number of piperazine rings is 1. The van der Waals surface area contributed by atoms with E-state index in [1.807, 2.05) is 18.2 Å². The molecule has 34 heavy (non-hydrogen) atoms. The van der Waals surface area contributed by atoms with Gasteiger partial charge in [0.05, 0.1) is 26.2 Å². The Labute approximate surface area is 202 Å². The van der Waals surface area contributed by atoms with Gasteiger partial charge < -0.3 is 24.6 Å². The first-order valence-corrected chi connectivity index (χ1v) is 12.5. The summed E-state index contributed by atoms with van der Waals surface area (Å²) in [5, 5.41) is 3.23. The summed E-state index contributed by atoms with van der Waals surface area (Å²) in [6.45, 7) is 7.32. The molecule has 1 amide bonds. The van der Waals surface area contributed by atoms with Crippen molar-refractivity contribution < 1.29 is 14.3 Å². The van der Waals surface area contributed by atoms with E-state index in [1.54, 1.807) is 7.11 Å². The lowest BCUT2D eigenvalue weighted by Gasteiger charge is -2.44. The van der Waals surface area contributed by atoms with Crippen LogP contribution in [0.1, 0.15) is 23.6 Å². The van der Waals surface area contributed by atoms with Crippen molar-refractivity contribution in [3.05, 3.63) is 53.6 Å². The highest BCUT2D eigenvalue weighted by Crippen LogP contribution is 2.43. The normalized spacial score (nSPS) is 23.9. The van der Waals surface area contributed by atoms with Gasteiger partial charge in [0.2, 0.25) is 5.91 Å². The molecule has 2 aromatic rings. The van der Waals surface area contributed by atoms with Gasteiger partial charge in [0.15, 0.2) is 0 Å². The highest BCUT2D eigenvalue weighted by Gasteiger charge is 2.39. The summed E-state index contributed by atoms with van der Waals surface area (Å²) in [5.74, 6) is 0.952. The quantitative estimate of drug-likeness (QED) is 0.734. The summed E-state index contributed by atoms with van der Waals surface area (Å²) in [4.78, 5) is 20.8. The number of ether oxygens (including phenoxy) is 2. The average molecular weight is 465 g/mol. The number of fused-ring (bicyclic) bond motifs is 1. The van der Waals surface area contributed by atoms with Crippen molar-refractivity contribution in [2.75, 3.05) is 76.9 Å². The van der Waals surface area contributed by atoms with Crippen LogP contribution in [0.3, 0.4) is 0 Å². The number of methoxy groups -OCH3 is 1. The molecule has 2 saturated heterocycles. The monoisotopic (exact) mass is 464 g/mol. The number of nitrogens with zero attached hydrogens (tertiary/aromatic N) is 3. The molecule has 7 heteroatoms. The van der Waals surface area contributed by atoms with E-state index in [9.17, 15) is 4.79 Å². The topological polar surface area (TPSA) is 57.3 Å². The minimum absolute atomic E-state index is 0.0696. The summed E-state index contributed by atoms with van der Waals surface area (Å²) < 4.78 is 11.1. The van der Waals surface area contributed by atoms with Crippen molar-refractivity contribution in [3.63, 3.8) is 0 Å². The van der Waals surface area contributed by atoms with Crippen LogP contribution in [-0.2, 0) is 16.0 Å². The van der Waals surface area contributed by atoms with Gasteiger partial charge in [0.1, 0.15) is 5.75 Å². The summed E-state index contributed by atoms with van der Waals surface area (Å²) in [6, 6.07) is 14.6. The first-order valence-electron chi connectivity index (χ1n) is 12.5. The molecule has 2 aromatic carbocycles.